The molecule has 1 aromatic heterocycles. The van der Waals surface area contributed by atoms with Gasteiger partial charge in [-0.3, -0.25) is 9.47 Å². The monoisotopic (exact) mass is 389 g/mol. The van der Waals surface area contributed by atoms with Gasteiger partial charge in [0.25, 0.3) is 0 Å². The Bertz CT molecular complexity index is 667. The standard InChI is InChI=1S/C16H18Cl3N3O2/c1-2-4-21(16(10-24-16)22-5-3-20-11-22)6-7-23-15-13(18)8-12(17)9-14(15)19/h3,5,8-9,11H,2,4,6-7,10H2,1H3. The Morgan fingerprint density at radius 1 is 1.29 bits per heavy atom. The third-order valence-electron chi connectivity index (χ3n) is 3.87. The quantitative estimate of drug-likeness (QED) is 0.631. The van der Waals surface area contributed by atoms with Gasteiger partial charge < -0.3 is 9.47 Å². The molecule has 5 nitrogen and oxygen atoms in total. The number of rotatable bonds is 8. The van der Waals surface area contributed by atoms with Crippen LogP contribution >= 0.6 is 34.8 Å². The van der Waals surface area contributed by atoms with E-state index in [0.29, 0.717) is 40.6 Å². The summed E-state index contributed by atoms with van der Waals surface area (Å²) >= 11 is 18.2. The molecule has 0 saturated carbocycles. The van der Waals surface area contributed by atoms with Crippen LogP contribution in [0.2, 0.25) is 15.1 Å². The Balaban J connectivity index is 1.66. The molecule has 3 rings (SSSR count). The summed E-state index contributed by atoms with van der Waals surface area (Å²) < 4.78 is 13.5. The van der Waals surface area contributed by atoms with Crippen molar-refractivity contribution in [2.45, 2.75) is 19.2 Å². The Kier molecular flexibility index (Phi) is 5.57. The number of hydrogen-bond donors (Lipinski definition) is 0. The molecule has 0 amide bonds. The maximum Gasteiger partial charge on any atom is 0.230 e. The first kappa shape index (κ1) is 17.8. The molecule has 2 heterocycles. The van der Waals surface area contributed by atoms with Crippen molar-refractivity contribution in [3.05, 3.63) is 45.9 Å². The summed E-state index contributed by atoms with van der Waals surface area (Å²) in [7, 11) is 0. The van der Waals surface area contributed by atoms with Crippen LogP contribution in [0.25, 0.3) is 0 Å². The number of nitrogens with zero attached hydrogens (tertiary/aromatic N) is 3. The van der Waals surface area contributed by atoms with Crippen LogP contribution in [0.1, 0.15) is 13.3 Å². The molecule has 0 N–H and O–H groups in total. The molecule has 0 bridgehead atoms. The van der Waals surface area contributed by atoms with Crippen LogP contribution in [0.5, 0.6) is 5.75 Å². The van der Waals surface area contributed by atoms with Crippen molar-refractivity contribution >= 4 is 34.8 Å². The second-order valence-electron chi connectivity index (χ2n) is 5.54. The van der Waals surface area contributed by atoms with Crippen molar-refractivity contribution in [1.82, 2.24) is 14.5 Å². The molecule has 24 heavy (non-hydrogen) atoms. The fourth-order valence-corrected chi connectivity index (χ4v) is 3.61. The van der Waals surface area contributed by atoms with E-state index in [0.717, 1.165) is 13.0 Å². The predicted octanol–water partition coefficient (Wildman–Crippen LogP) is 4.27. The molecule has 1 aliphatic rings. The summed E-state index contributed by atoms with van der Waals surface area (Å²) in [5.41, 5.74) is 0. The van der Waals surface area contributed by atoms with Crippen LogP contribution in [0.4, 0.5) is 0 Å². The minimum Gasteiger partial charge on any atom is -0.489 e. The zero-order chi connectivity index (χ0) is 17.2. The summed E-state index contributed by atoms with van der Waals surface area (Å²) in [4.78, 5) is 6.34. The molecule has 1 aliphatic heterocycles. The van der Waals surface area contributed by atoms with Crippen LogP contribution in [-0.4, -0.2) is 40.8 Å². The topological polar surface area (TPSA) is 42.8 Å². The summed E-state index contributed by atoms with van der Waals surface area (Å²) in [5, 5.41) is 1.29. The molecule has 1 atom stereocenters. The summed E-state index contributed by atoms with van der Waals surface area (Å²) in [5.74, 6) is -0.00344. The maximum atomic E-state index is 6.15. The average molecular weight is 391 g/mol. The molecule has 1 saturated heterocycles. The number of halogens is 3. The van der Waals surface area contributed by atoms with Gasteiger partial charge in [0.1, 0.15) is 13.2 Å². The fraction of sp³-hybridized carbons (Fsp3) is 0.438. The second kappa shape index (κ2) is 7.50. The Morgan fingerprint density at radius 3 is 2.54 bits per heavy atom. The number of aromatic nitrogens is 2. The summed E-state index contributed by atoms with van der Waals surface area (Å²) in [6, 6.07) is 3.23. The van der Waals surface area contributed by atoms with Crippen LogP contribution in [-0.2, 0) is 10.6 Å². The van der Waals surface area contributed by atoms with E-state index in [1.165, 1.54) is 0 Å². The molecule has 2 aromatic rings. The number of ether oxygens (including phenoxy) is 2. The van der Waals surface area contributed by atoms with Gasteiger partial charge in [-0.15, -0.1) is 0 Å². The van der Waals surface area contributed by atoms with E-state index < -0.39 is 5.85 Å². The summed E-state index contributed by atoms with van der Waals surface area (Å²) in [6.07, 6.45) is 6.42. The first-order valence-electron chi connectivity index (χ1n) is 7.71. The lowest BCUT2D eigenvalue weighted by molar-refractivity contribution is 0.00521. The van der Waals surface area contributed by atoms with Crippen LogP contribution in [0.3, 0.4) is 0 Å². The zero-order valence-electron chi connectivity index (χ0n) is 13.2. The molecule has 0 radical (unpaired) electrons. The SMILES string of the molecule is CCCN(CCOc1c(Cl)cc(Cl)cc1Cl)C1(n2ccnc2)CO1. The Labute approximate surface area is 156 Å². The first-order chi connectivity index (χ1) is 11.6. The van der Waals surface area contributed by atoms with Gasteiger partial charge in [0.15, 0.2) is 5.75 Å². The minimum absolute atomic E-state index is 0.404. The smallest absolute Gasteiger partial charge is 0.230 e. The lowest BCUT2D eigenvalue weighted by Crippen LogP contribution is -2.43. The minimum atomic E-state index is -0.455. The van der Waals surface area contributed by atoms with Gasteiger partial charge in [-0.1, -0.05) is 41.7 Å². The lowest BCUT2D eigenvalue weighted by Gasteiger charge is -2.29. The highest BCUT2D eigenvalue weighted by atomic mass is 35.5. The second-order valence-corrected chi connectivity index (χ2v) is 6.79. The average Bonchev–Trinajstić information content (AvgIpc) is 3.14. The van der Waals surface area contributed by atoms with Crippen molar-refractivity contribution in [2.75, 3.05) is 26.3 Å². The largest absolute Gasteiger partial charge is 0.489 e. The van der Waals surface area contributed by atoms with Crippen molar-refractivity contribution in [2.24, 2.45) is 0 Å². The highest BCUT2D eigenvalue weighted by Crippen LogP contribution is 2.38. The van der Waals surface area contributed by atoms with Crippen LogP contribution in [0, 0.1) is 0 Å². The van der Waals surface area contributed by atoms with Gasteiger partial charge in [0, 0.05) is 30.5 Å². The van der Waals surface area contributed by atoms with Gasteiger partial charge >= 0.3 is 0 Å². The molecule has 1 fully saturated rings. The number of imidazole rings is 1. The highest BCUT2D eigenvalue weighted by molar-refractivity contribution is 6.40. The number of hydrogen-bond acceptors (Lipinski definition) is 4. The molecule has 1 unspecified atom stereocenters. The third kappa shape index (κ3) is 3.65. The van der Waals surface area contributed by atoms with Crippen LogP contribution < -0.4 is 4.74 Å². The molecule has 0 spiro atoms. The van der Waals surface area contributed by atoms with Crippen molar-refractivity contribution < 1.29 is 9.47 Å². The lowest BCUT2D eigenvalue weighted by atomic mass is 10.3. The van der Waals surface area contributed by atoms with Gasteiger partial charge in [-0.05, 0) is 18.6 Å². The number of epoxide rings is 1. The first-order valence-corrected chi connectivity index (χ1v) is 8.85. The van der Waals surface area contributed by atoms with Gasteiger partial charge in [0.05, 0.1) is 16.4 Å². The van der Waals surface area contributed by atoms with Gasteiger partial charge in [-0.2, -0.15) is 0 Å². The third-order valence-corrected chi connectivity index (χ3v) is 4.65. The van der Waals surface area contributed by atoms with E-state index in [1.54, 1.807) is 24.7 Å². The molecule has 130 valence electrons. The molecule has 1 aromatic carbocycles. The van der Waals surface area contributed by atoms with Crippen molar-refractivity contribution in [1.29, 1.82) is 0 Å². The number of benzene rings is 1. The van der Waals surface area contributed by atoms with Crippen LogP contribution in [0.15, 0.2) is 30.9 Å². The molecule has 0 aliphatic carbocycles. The zero-order valence-corrected chi connectivity index (χ0v) is 15.5. The van der Waals surface area contributed by atoms with E-state index in [9.17, 15) is 0 Å². The molecular weight excluding hydrogens is 373 g/mol. The van der Waals surface area contributed by atoms with Gasteiger partial charge in [0.2, 0.25) is 5.85 Å². The predicted molar refractivity (Wildman–Crippen MR) is 95.0 cm³/mol. The van der Waals surface area contributed by atoms with Crippen molar-refractivity contribution in [3.8, 4) is 5.75 Å². The van der Waals surface area contributed by atoms with Gasteiger partial charge in [-0.25, -0.2) is 4.98 Å². The van der Waals surface area contributed by atoms with E-state index in [2.05, 4.69) is 16.8 Å². The fourth-order valence-electron chi connectivity index (χ4n) is 2.68. The molecule has 8 heteroatoms. The summed E-state index contributed by atoms with van der Waals surface area (Å²) in [6.45, 7) is 4.74. The Morgan fingerprint density at radius 2 is 2.00 bits per heavy atom. The maximum absolute atomic E-state index is 6.15. The van der Waals surface area contributed by atoms with E-state index in [4.69, 9.17) is 44.3 Å². The normalized spacial score (nSPS) is 19.7. The van der Waals surface area contributed by atoms with E-state index >= 15 is 0 Å². The Hall–Kier alpha value is -0.980. The van der Waals surface area contributed by atoms with Crippen molar-refractivity contribution in [3.63, 3.8) is 0 Å². The van der Waals surface area contributed by atoms with E-state index in [-0.39, 0.29) is 0 Å². The van der Waals surface area contributed by atoms with E-state index in [1.807, 2.05) is 10.8 Å². The highest BCUT2D eigenvalue weighted by Gasteiger charge is 2.51. The molecular formula is C16H18Cl3N3O2.